The number of methoxy groups -OCH3 is 1. The Balaban J connectivity index is 1.86. The number of aryl methyl sites for hydroxylation is 1. The molecular formula is C23H21N5O4. The zero-order valence-corrected chi connectivity index (χ0v) is 17.8. The van der Waals surface area contributed by atoms with E-state index >= 15 is 0 Å². The van der Waals surface area contributed by atoms with Crippen molar-refractivity contribution >= 4 is 28.6 Å². The lowest BCUT2D eigenvalue weighted by Gasteiger charge is -2.13. The Kier molecular flexibility index (Phi) is 5.80. The van der Waals surface area contributed by atoms with Crippen molar-refractivity contribution < 1.29 is 19.1 Å². The first-order valence-corrected chi connectivity index (χ1v) is 9.94. The van der Waals surface area contributed by atoms with Crippen molar-refractivity contribution in [1.82, 2.24) is 19.7 Å². The number of ether oxygens (including phenoxy) is 2. The van der Waals surface area contributed by atoms with Gasteiger partial charge < -0.3 is 14.8 Å². The molecular weight excluding hydrogens is 410 g/mol. The van der Waals surface area contributed by atoms with Crippen molar-refractivity contribution in [2.45, 2.75) is 13.8 Å². The summed E-state index contributed by atoms with van der Waals surface area (Å²) in [6, 6.07) is 10.7. The number of pyridine rings is 2. The minimum atomic E-state index is -0.602. The number of fused-ring (bicyclic) bond motifs is 1. The molecule has 1 N–H and O–H groups in total. The molecule has 4 rings (SSSR count). The molecule has 0 unspecified atom stereocenters. The zero-order chi connectivity index (χ0) is 22.7. The van der Waals surface area contributed by atoms with Crippen LogP contribution in [0.25, 0.3) is 16.7 Å². The van der Waals surface area contributed by atoms with Gasteiger partial charge in [0.2, 0.25) is 0 Å². The lowest BCUT2D eigenvalue weighted by atomic mass is 10.1. The van der Waals surface area contributed by atoms with Crippen LogP contribution in [0.5, 0.6) is 5.75 Å². The van der Waals surface area contributed by atoms with Crippen molar-refractivity contribution in [2.24, 2.45) is 0 Å². The van der Waals surface area contributed by atoms with Gasteiger partial charge in [0.15, 0.2) is 11.6 Å². The quantitative estimate of drug-likeness (QED) is 0.465. The first-order valence-electron chi connectivity index (χ1n) is 9.94. The molecule has 0 aliphatic carbocycles. The fourth-order valence-corrected chi connectivity index (χ4v) is 3.32. The van der Waals surface area contributed by atoms with E-state index < -0.39 is 11.9 Å². The van der Waals surface area contributed by atoms with Gasteiger partial charge in [-0.15, -0.1) is 0 Å². The van der Waals surface area contributed by atoms with Gasteiger partial charge in [0.1, 0.15) is 16.8 Å². The van der Waals surface area contributed by atoms with Crippen LogP contribution in [0.4, 0.5) is 5.82 Å². The van der Waals surface area contributed by atoms with E-state index in [0.717, 1.165) is 10.9 Å². The van der Waals surface area contributed by atoms with Crippen LogP contribution < -0.4 is 10.1 Å². The van der Waals surface area contributed by atoms with Crippen LogP contribution in [-0.2, 0) is 4.74 Å². The smallest absolute Gasteiger partial charge is 0.343 e. The summed E-state index contributed by atoms with van der Waals surface area (Å²) in [6.07, 6.45) is 4.35. The molecule has 9 nitrogen and oxygen atoms in total. The van der Waals surface area contributed by atoms with E-state index in [1.54, 1.807) is 32.4 Å². The third kappa shape index (κ3) is 3.87. The number of carbonyl (C=O) groups excluding carboxylic acids is 2. The second-order valence-electron chi connectivity index (χ2n) is 6.89. The van der Waals surface area contributed by atoms with Crippen molar-refractivity contribution in [1.29, 1.82) is 0 Å². The number of rotatable bonds is 6. The molecule has 0 saturated carbocycles. The first kappa shape index (κ1) is 21.0. The van der Waals surface area contributed by atoms with Gasteiger partial charge in [-0.1, -0.05) is 12.1 Å². The first-order chi connectivity index (χ1) is 15.5. The molecule has 0 bridgehead atoms. The maximum atomic E-state index is 12.8. The molecule has 0 saturated heterocycles. The number of hydrogen-bond acceptors (Lipinski definition) is 7. The predicted molar refractivity (Wildman–Crippen MR) is 118 cm³/mol. The van der Waals surface area contributed by atoms with E-state index in [4.69, 9.17) is 14.5 Å². The highest BCUT2D eigenvalue weighted by Gasteiger charge is 2.23. The average molecular weight is 431 g/mol. The molecule has 3 heterocycles. The number of para-hydroxylation sites is 1. The molecule has 0 radical (unpaired) electrons. The molecule has 0 aliphatic rings. The fourth-order valence-electron chi connectivity index (χ4n) is 3.32. The van der Waals surface area contributed by atoms with Crippen LogP contribution in [0.2, 0.25) is 0 Å². The third-order valence-corrected chi connectivity index (χ3v) is 4.85. The van der Waals surface area contributed by atoms with Gasteiger partial charge in [0.25, 0.3) is 5.91 Å². The Bertz CT molecular complexity index is 1300. The number of anilines is 1. The molecule has 4 aromatic rings. The molecule has 3 aromatic heterocycles. The maximum Gasteiger partial charge on any atom is 0.343 e. The number of nitrogens with one attached hydrogen (secondary N) is 1. The maximum absolute atomic E-state index is 12.8. The second-order valence-corrected chi connectivity index (χ2v) is 6.89. The summed E-state index contributed by atoms with van der Waals surface area (Å²) in [5.41, 5.74) is 2.02. The highest BCUT2D eigenvalue weighted by molar-refractivity contribution is 6.07. The highest BCUT2D eigenvalue weighted by Crippen LogP contribution is 2.29. The Labute approximate surface area is 184 Å². The summed E-state index contributed by atoms with van der Waals surface area (Å²) in [6.45, 7) is 3.83. The SMILES string of the molecule is CCOC(=O)c1cnn(-c2cc(C)c3cccc(OC)c3n2)c1NC(=O)c1cccnc1. The second kappa shape index (κ2) is 8.84. The summed E-state index contributed by atoms with van der Waals surface area (Å²) in [5.74, 6) is 0.122. The molecule has 0 aliphatic heterocycles. The summed E-state index contributed by atoms with van der Waals surface area (Å²) in [7, 11) is 1.57. The fraction of sp³-hybridized carbons (Fsp3) is 0.174. The minimum absolute atomic E-state index is 0.115. The lowest BCUT2D eigenvalue weighted by molar-refractivity contribution is 0.0527. The Hall–Kier alpha value is -4.27. The van der Waals surface area contributed by atoms with Crippen LogP contribution in [0.1, 0.15) is 33.2 Å². The number of nitrogens with zero attached hydrogens (tertiary/aromatic N) is 4. The van der Waals surface area contributed by atoms with Gasteiger partial charge >= 0.3 is 5.97 Å². The highest BCUT2D eigenvalue weighted by atomic mass is 16.5. The summed E-state index contributed by atoms with van der Waals surface area (Å²) in [4.78, 5) is 34.0. The van der Waals surface area contributed by atoms with E-state index in [1.807, 2.05) is 31.2 Å². The van der Waals surface area contributed by atoms with E-state index in [1.165, 1.54) is 17.1 Å². The van der Waals surface area contributed by atoms with Gasteiger partial charge in [-0.25, -0.2) is 9.78 Å². The average Bonchev–Trinajstić information content (AvgIpc) is 3.23. The molecule has 0 spiro atoms. The number of aromatic nitrogens is 4. The third-order valence-electron chi connectivity index (χ3n) is 4.85. The summed E-state index contributed by atoms with van der Waals surface area (Å²) >= 11 is 0. The molecule has 0 fully saturated rings. The van der Waals surface area contributed by atoms with Crippen LogP contribution in [0.15, 0.2) is 55.0 Å². The lowest BCUT2D eigenvalue weighted by Crippen LogP contribution is -2.18. The van der Waals surface area contributed by atoms with Gasteiger partial charge in [0.05, 0.1) is 25.5 Å². The Morgan fingerprint density at radius 1 is 1.16 bits per heavy atom. The van der Waals surface area contributed by atoms with Crippen molar-refractivity contribution in [3.63, 3.8) is 0 Å². The molecule has 9 heteroatoms. The van der Waals surface area contributed by atoms with E-state index in [2.05, 4.69) is 15.4 Å². The van der Waals surface area contributed by atoms with Crippen LogP contribution in [0, 0.1) is 6.92 Å². The minimum Gasteiger partial charge on any atom is -0.494 e. The van der Waals surface area contributed by atoms with Crippen molar-refractivity contribution in [3.05, 3.63) is 71.7 Å². The number of hydrogen-bond donors (Lipinski definition) is 1. The molecule has 1 aromatic carbocycles. The van der Waals surface area contributed by atoms with Crippen molar-refractivity contribution in [3.8, 4) is 11.6 Å². The van der Waals surface area contributed by atoms with Crippen LogP contribution in [0.3, 0.4) is 0 Å². The van der Waals surface area contributed by atoms with E-state index in [9.17, 15) is 9.59 Å². The van der Waals surface area contributed by atoms with Gasteiger partial charge in [-0.05, 0) is 43.7 Å². The standard InChI is InChI=1S/C23H21N5O4/c1-4-32-23(30)17-13-25-28(21(17)27-22(29)15-7-6-10-24-12-15)19-11-14(2)16-8-5-9-18(31-3)20(16)26-19/h5-13H,4H2,1-3H3,(H,27,29). The summed E-state index contributed by atoms with van der Waals surface area (Å²) in [5, 5.41) is 8.00. The van der Waals surface area contributed by atoms with E-state index in [-0.39, 0.29) is 18.0 Å². The normalized spacial score (nSPS) is 10.7. The molecule has 1 amide bonds. The Morgan fingerprint density at radius 3 is 2.72 bits per heavy atom. The largest absolute Gasteiger partial charge is 0.494 e. The number of esters is 1. The van der Waals surface area contributed by atoms with E-state index in [0.29, 0.717) is 22.6 Å². The van der Waals surface area contributed by atoms with Crippen LogP contribution in [-0.4, -0.2) is 45.3 Å². The number of amides is 1. The predicted octanol–water partition coefficient (Wildman–Crippen LogP) is 3.56. The van der Waals surface area contributed by atoms with Crippen molar-refractivity contribution in [2.75, 3.05) is 19.0 Å². The Morgan fingerprint density at radius 2 is 2.00 bits per heavy atom. The van der Waals surface area contributed by atoms with Gasteiger partial charge in [0, 0.05) is 17.8 Å². The topological polar surface area (TPSA) is 108 Å². The zero-order valence-electron chi connectivity index (χ0n) is 17.8. The van der Waals surface area contributed by atoms with Gasteiger partial charge in [-0.2, -0.15) is 9.78 Å². The summed E-state index contributed by atoms with van der Waals surface area (Å²) < 4.78 is 12.0. The molecule has 32 heavy (non-hydrogen) atoms. The van der Waals surface area contributed by atoms with Crippen LogP contribution >= 0.6 is 0 Å². The molecule has 162 valence electrons. The van der Waals surface area contributed by atoms with Gasteiger partial charge in [-0.3, -0.25) is 9.78 Å². The molecule has 0 atom stereocenters. The monoisotopic (exact) mass is 431 g/mol. The number of carbonyl (C=O) groups is 2. The number of benzene rings is 1.